The van der Waals surface area contributed by atoms with Gasteiger partial charge in [-0.15, -0.1) is 0 Å². The van der Waals surface area contributed by atoms with E-state index in [1.165, 1.54) is 0 Å². The third-order valence-corrected chi connectivity index (χ3v) is 4.78. The Balaban J connectivity index is 0.000000555. The molecule has 0 amide bonds. The van der Waals surface area contributed by atoms with Crippen molar-refractivity contribution in [3.05, 3.63) is 57.5 Å². The Morgan fingerprint density at radius 1 is 0.743 bits per heavy atom. The average molecular weight is 620 g/mol. The van der Waals surface area contributed by atoms with Gasteiger partial charge < -0.3 is 20.0 Å². The summed E-state index contributed by atoms with van der Waals surface area (Å²) in [6, 6.07) is 10.9. The van der Waals surface area contributed by atoms with E-state index in [2.05, 4.69) is 19.8 Å². The summed E-state index contributed by atoms with van der Waals surface area (Å²) >= 11 is 0. The second kappa shape index (κ2) is 17.9. The topological polar surface area (TPSA) is 103 Å². The first-order chi connectivity index (χ1) is 16.4. The van der Waals surface area contributed by atoms with Gasteiger partial charge in [0.05, 0.1) is 13.2 Å². The Labute approximate surface area is 226 Å². The number of hydrogen-bond acceptors (Lipinski definition) is 6. The summed E-state index contributed by atoms with van der Waals surface area (Å²) in [5, 5.41) is 35.1. The van der Waals surface area contributed by atoms with Gasteiger partial charge >= 0.3 is 61.0 Å². The van der Waals surface area contributed by atoms with E-state index in [0.717, 1.165) is 35.6 Å². The van der Waals surface area contributed by atoms with Gasteiger partial charge in [-0.3, -0.25) is 0 Å². The number of aliphatic hydroxyl groups excluding tert-OH is 2. The van der Waals surface area contributed by atoms with Crippen LogP contribution in [0.5, 0.6) is 0 Å². The molecule has 35 heavy (non-hydrogen) atoms. The number of nitrogens with zero attached hydrogens (tertiary/aromatic N) is 6. The van der Waals surface area contributed by atoms with Crippen LogP contribution in [-0.2, 0) is 10.8 Å². The molecule has 2 aromatic carbocycles. The third kappa shape index (κ3) is 14.0. The van der Waals surface area contributed by atoms with Crippen molar-refractivity contribution in [2.75, 3.05) is 49.2 Å². The van der Waals surface area contributed by atoms with Gasteiger partial charge in [0.25, 0.3) is 0 Å². The van der Waals surface area contributed by atoms with Crippen LogP contribution in [0.2, 0.25) is 0 Å². The number of diazo groups is 2. The summed E-state index contributed by atoms with van der Waals surface area (Å²) in [6.45, 7) is 11.2. The molecule has 0 aliphatic rings. The summed E-state index contributed by atoms with van der Waals surface area (Å²) in [4.78, 5) is 10.4. The summed E-state index contributed by atoms with van der Waals surface area (Å²) < 4.78 is 0. The van der Waals surface area contributed by atoms with Crippen LogP contribution in [-0.4, -0.2) is 49.6 Å². The van der Waals surface area contributed by atoms with E-state index in [1.54, 1.807) is 12.1 Å². The zero-order valence-corrected chi connectivity index (χ0v) is 26.5. The molecule has 0 bridgehead atoms. The molecule has 0 saturated carbocycles. The van der Waals surface area contributed by atoms with Crippen LogP contribution >= 0.6 is 38.8 Å². The molecule has 2 rings (SSSR count). The van der Waals surface area contributed by atoms with Gasteiger partial charge in [-0.25, -0.2) is 0 Å². The van der Waals surface area contributed by atoms with Gasteiger partial charge in [0, 0.05) is 61.8 Å². The molecule has 0 fully saturated rings. The fourth-order valence-electron chi connectivity index (χ4n) is 3.25. The van der Waals surface area contributed by atoms with Crippen molar-refractivity contribution < 1.29 is 21.0 Å². The molecule has 2 N–H and O–H groups in total. The predicted octanol–water partition coefficient (Wildman–Crippen LogP) is 7.35. The molecular weight excluding hydrogens is 587 g/mol. The average Bonchev–Trinajstić information content (AvgIpc) is 2.80. The minimum atomic E-state index is -3.36. The van der Waals surface area contributed by atoms with E-state index >= 15 is 0 Å². The van der Waals surface area contributed by atoms with E-state index in [0.29, 0.717) is 24.5 Å². The quantitative estimate of drug-likeness (QED) is 0.237. The molecule has 8 nitrogen and oxygen atoms in total. The van der Waals surface area contributed by atoms with Gasteiger partial charge in [-0.05, 0) is 51.0 Å². The standard InChI is InChI=1S/2C11H16N3O.4ClH.Zn/c2*1-3-14(6-7-15)11-5-4-10(13-12)8-9(11)2;;;;;/h2*4-5,8,15H,3,6-7H2,1-2H3;4*1H;/q2*+1;;;;;+2/p-4. The first-order valence-electron chi connectivity index (χ1n) is 11.2. The van der Waals surface area contributed by atoms with Crippen LogP contribution in [0.15, 0.2) is 36.4 Å². The molecule has 0 aliphatic carbocycles. The maximum absolute atomic E-state index is 8.92. The number of aryl methyl sites for hydroxylation is 2. The van der Waals surface area contributed by atoms with Gasteiger partial charge in [-0.1, -0.05) is 0 Å². The number of halogens is 4. The normalized spacial score (nSPS) is 10.1. The van der Waals surface area contributed by atoms with Crippen LogP contribution in [0.3, 0.4) is 0 Å². The van der Waals surface area contributed by atoms with Crippen LogP contribution in [0.1, 0.15) is 25.0 Å². The first kappa shape index (κ1) is 33.6. The summed E-state index contributed by atoms with van der Waals surface area (Å²) in [6.07, 6.45) is 0. The van der Waals surface area contributed by atoms with E-state index in [4.69, 9.17) is 59.8 Å². The predicted molar refractivity (Wildman–Crippen MR) is 145 cm³/mol. The molecule has 0 saturated heterocycles. The molecule has 0 aliphatic heterocycles. The van der Waals surface area contributed by atoms with Crippen molar-refractivity contribution in [1.82, 2.24) is 0 Å². The van der Waals surface area contributed by atoms with Crippen molar-refractivity contribution in [2.45, 2.75) is 27.7 Å². The van der Waals surface area contributed by atoms with Crippen LogP contribution in [0, 0.1) is 24.6 Å². The van der Waals surface area contributed by atoms with Crippen molar-refractivity contribution in [3.63, 3.8) is 0 Å². The molecule has 0 atom stereocenters. The Hall–Kier alpha value is -1.42. The Bertz CT molecular complexity index is 916. The van der Waals surface area contributed by atoms with Gasteiger partial charge in [0.1, 0.15) is 0 Å². The number of aliphatic hydroxyl groups is 2. The zero-order chi connectivity index (χ0) is 27.0. The monoisotopic (exact) mass is 616 g/mol. The molecular formula is C22H32Cl4N6O2Zn. The molecule has 0 unspecified atom stereocenters. The Kier molecular flexibility index (Phi) is 17.2. The van der Waals surface area contributed by atoms with Gasteiger partial charge in [0.15, 0.2) is 9.95 Å². The van der Waals surface area contributed by atoms with Crippen molar-refractivity contribution in [2.24, 2.45) is 0 Å². The van der Waals surface area contributed by atoms with E-state index in [9.17, 15) is 0 Å². The summed E-state index contributed by atoms with van der Waals surface area (Å²) in [7, 11) is 16.8. The molecule has 0 spiro atoms. The van der Waals surface area contributed by atoms with Gasteiger partial charge in [-0.2, -0.15) is 0 Å². The molecule has 192 valence electrons. The number of benzene rings is 2. The number of hydrogen-bond donors (Lipinski definition) is 2. The molecule has 2 aromatic rings. The van der Waals surface area contributed by atoms with Crippen molar-refractivity contribution >= 4 is 61.5 Å². The van der Waals surface area contributed by atoms with Crippen LogP contribution < -0.4 is 9.80 Å². The molecule has 0 radical (unpaired) electrons. The van der Waals surface area contributed by atoms with E-state index < -0.39 is 10.8 Å². The number of likely N-dealkylation sites (N-methyl/N-ethyl adjacent to an activating group) is 2. The van der Waals surface area contributed by atoms with Crippen LogP contribution in [0.25, 0.3) is 9.95 Å². The van der Waals surface area contributed by atoms with E-state index in [1.807, 2.05) is 52.0 Å². The van der Waals surface area contributed by atoms with Crippen LogP contribution in [0.4, 0.5) is 22.7 Å². The Morgan fingerprint density at radius 2 is 1.06 bits per heavy atom. The number of rotatable bonds is 8. The van der Waals surface area contributed by atoms with Gasteiger partial charge in [0.2, 0.25) is 10.8 Å². The second-order valence-corrected chi connectivity index (χ2v) is 35.1. The molecule has 0 heterocycles. The van der Waals surface area contributed by atoms with Crippen molar-refractivity contribution in [3.8, 4) is 0 Å². The zero-order valence-electron chi connectivity index (χ0n) is 20.5. The first-order valence-corrected chi connectivity index (χ1v) is 26.7. The summed E-state index contributed by atoms with van der Waals surface area (Å²) in [5.41, 5.74) is 5.33. The molecule has 0 aromatic heterocycles. The molecule has 13 heteroatoms. The minimum absolute atomic E-state index is 0.138. The third-order valence-electron chi connectivity index (χ3n) is 4.78. The number of anilines is 2. The van der Waals surface area contributed by atoms with Crippen molar-refractivity contribution in [1.29, 1.82) is 10.8 Å². The fraction of sp³-hybridized carbons (Fsp3) is 0.455. The van der Waals surface area contributed by atoms with E-state index in [-0.39, 0.29) is 13.2 Å². The maximum atomic E-state index is 8.92. The second-order valence-electron chi connectivity index (χ2n) is 7.35. The summed E-state index contributed by atoms with van der Waals surface area (Å²) in [5.74, 6) is 0. The Morgan fingerprint density at radius 3 is 1.26 bits per heavy atom. The SMILES string of the molecule is CCN(CCO)c1ccc([N+]#N)cc1C.CCN(CCO)c1ccc([N+]#N)cc1C.[Cl][Zn-2]([Cl])([Cl])[Cl]. The fourth-order valence-corrected chi connectivity index (χ4v) is 3.25.